The van der Waals surface area contributed by atoms with Crippen LogP contribution in [0.3, 0.4) is 0 Å². The molecule has 116 valence electrons. The first-order valence-corrected chi connectivity index (χ1v) is 7.24. The van der Waals surface area contributed by atoms with Crippen molar-refractivity contribution in [3.05, 3.63) is 59.7 Å². The van der Waals surface area contributed by atoms with E-state index in [4.69, 9.17) is 9.47 Å². The zero-order chi connectivity index (χ0) is 15.8. The lowest BCUT2D eigenvalue weighted by atomic mass is 10.1. The minimum Gasteiger partial charge on any atom is -0.497 e. The fourth-order valence-corrected chi connectivity index (χ4v) is 2.19. The van der Waals surface area contributed by atoms with Crippen LogP contribution in [0.5, 0.6) is 11.5 Å². The Labute approximate surface area is 131 Å². The molecule has 0 spiro atoms. The second-order valence-corrected chi connectivity index (χ2v) is 4.94. The lowest BCUT2D eigenvalue weighted by Crippen LogP contribution is -2.23. The van der Waals surface area contributed by atoms with E-state index >= 15 is 0 Å². The Morgan fingerprint density at radius 1 is 1.00 bits per heavy atom. The van der Waals surface area contributed by atoms with Crippen LogP contribution in [0.2, 0.25) is 0 Å². The third-order valence-corrected chi connectivity index (χ3v) is 3.46. The lowest BCUT2D eigenvalue weighted by molar-refractivity contribution is -0.121. The van der Waals surface area contributed by atoms with Crippen molar-refractivity contribution < 1.29 is 14.3 Å². The molecule has 0 atom stereocenters. The average molecular weight is 299 g/mol. The normalized spacial score (nSPS) is 10.1. The molecule has 4 heteroatoms. The molecule has 0 unspecified atom stereocenters. The zero-order valence-corrected chi connectivity index (χ0v) is 13.0. The minimum absolute atomic E-state index is 0.0294. The van der Waals surface area contributed by atoms with E-state index in [0.717, 1.165) is 22.6 Å². The maximum absolute atomic E-state index is 11.9. The largest absolute Gasteiger partial charge is 0.497 e. The zero-order valence-electron chi connectivity index (χ0n) is 13.0. The van der Waals surface area contributed by atoms with Gasteiger partial charge >= 0.3 is 0 Å². The molecular weight excluding hydrogens is 278 g/mol. The predicted molar refractivity (Wildman–Crippen MR) is 86.2 cm³/mol. The molecule has 2 rings (SSSR count). The number of carbonyl (C=O) groups is 1. The van der Waals surface area contributed by atoms with Crippen LogP contribution in [0.4, 0.5) is 0 Å². The molecule has 0 aliphatic rings. The average Bonchev–Trinajstić information content (AvgIpc) is 2.58. The molecule has 2 aromatic rings. The third-order valence-electron chi connectivity index (χ3n) is 3.46. The lowest BCUT2D eigenvalue weighted by Gasteiger charge is -2.09. The van der Waals surface area contributed by atoms with Gasteiger partial charge in [-0.3, -0.25) is 4.79 Å². The number of benzene rings is 2. The van der Waals surface area contributed by atoms with Gasteiger partial charge in [-0.1, -0.05) is 30.3 Å². The topological polar surface area (TPSA) is 47.6 Å². The number of ether oxygens (including phenoxy) is 2. The van der Waals surface area contributed by atoms with Gasteiger partial charge in [0.05, 0.1) is 14.2 Å². The van der Waals surface area contributed by atoms with Gasteiger partial charge in [0.2, 0.25) is 5.91 Å². The van der Waals surface area contributed by atoms with Gasteiger partial charge in [0.1, 0.15) is 11.5 Å². The van der Waals surface area contributed by atoms with Gasteiger partial charge in [0.25, 0.3) is 0 Å². The van der Waals surface area contributed by atoms with Crippen molar-refractivity contribution in [2.75, 3.05) is 14.2 Å². The van der Waals surface area contributed by atoms with Gasteiger partial charge in [-0.15, -0.1) is 0 Å². The van der Waals surface area contributed by atoms with Crippen LogP contribution in [0, 0.1) is 0 Å². The fourth-order valence-electron chi connectivity index (χ4n) is 2.19. The highest BCUT2D eigenvalue weighted by Gasteiger charge is 2.06. The summed E-state index contributed by atoms with van der Waals surface area (Å²) in [5.41, 5.74) is 2.09. The number of amides is 1. The highest BCUT2D eigenvalue weighted by Crippen LogP contribution is 2.18. The van der Waals surface area contributed by atoms with Crippen molar-refractivity contribution in [3.8, 4) is 11.5 Å². The molecule has 0 fully saturated rings. The summed E-state index contributed by atoms with van der Waals surface area (Å²) >= 11 is 0. The van der Waals surface area contributed by atoms with Crippen molar-refractivity contribution in [2.24, 2.45) is 0 Å². The molecule has 0 aliphatic carbocycles. The van der Waals surface area contributed by atoms with Crippen molar-refractivity contribution in [3.63, 3.8) is 0 Å². The maximum atomic E-state index is 11.9. The molecule has 0 aliphatic heterocycles. The Morgan fingerprint density at radius 2 is 1.73 bits per heavy atom. The van der Waals surface area contributed by atoms with E-state index in [1.165, 1.54) is 0 Å². The Balaban J connectivity index is 1.80. The molecule has 2 aromatic carbocycles. The van der Waals surface area contributed by atoms with E-state index in [9.17, 15) is 4.79 Å². The number of hydrogen-bond donors (Lipinski definition) is 1. The summed E-state index contributed by atoms with van der Waals surface area (Å²) in [6.07, 6.45) is 1.11. The molecule has 22 heavy (non-hydrogen) atoms. The molecule has 0 saturated heterocycles. The van der Waals surface area contributed by atoms with E-state index in [0.29, 0.717) is 19.4 Å². The Bertz CT molecular complexity index is 608. The highest BCUT2D eigenvalue weighted by molar-refractivity contribution is 5.76. The van der Waals surface area contributed by atoms with Crippen molar-refractivity contribution in [1.29, 1.82) is 0 Å². The molecule has 0 saturated carbocycles. The van der Waals surface area contributed by atoms with Gasteiger partial charge in [-0.05, 0) is 35.7 Å². The molecule has 0 heterocycles. The number of aryl methyl sites for hydroxylation is 1. The number of para-hydroxylation sites is 1. The van der Waals surface area contributed by atoms with Gasteiger partial charge in [-0.25, -0.2) is 0 Å². The molecule has 4 nitrogen and oxygen atoms in total. The summed E-state index contributed by atoms with van der Waals surface area (Å²) in [4.78, 5) is 11.9. The Hall–Kier alpha value is -2.49. The maximum Gasteiger partial charge on any atom is 0.220 e. The number of methoxy groups -OCH3 is 2. The van der Waals surface area contributed by atoms with Crippen LogP contribution in [0.1, 0.15) is 17.5 Å². The third kappa shape index (κ3) is 4.52. The minimum atomic E-state index is 0.0294. The molecule has 0 aromatic heterocycles. The van der Waals surface area contributed by atoms with Crippen LogP contribution in [0.15, 0.2) is 48.5 Å². The van der Waals surface area contributed by atoms with Crippen molar-refractivity contribution >= 4 is 5.91 Å². The molecule has 1 N–H and O–H groups in total. The summed E-state index contributed by atoms with van der Waals surface area (Å²) in [5.74, 6) is 1.67. The number of carbonyl (C=O) groups excluding carboxylic acids is 1. The van der Waals surface area contributed by atoms with Crippen LogP contribution >= 0.6 is 0 Å². The summed E-state index contributed by atoms with van der Waals surface area (Å²) < 4.78 is 10.4. The molecule has 0 radical (unpaired) electrons. The van der Waals surface area contributed by atoms with Gasteiger partial charge in [0.15, 0.2) is 0 Å². The first-order chi connectivity index (χ1) is 10.7. The molecule has 0 bridgehead atoms. The van der Waals surface area contributed by atoms with E-state index in [1.807, 2.05) is 48.5 Å². The Kier molecular flexibility index (Phi) is 5.83. The van der Waals surface area contributed by atoms with Crippen molar-refractivity contribution in [1.82, 2.24) is 5.32 Å². The van der Waals surface area contributed by atoms with E-state index in [2.05, 4.69) is 5.32 Å². The fraction of sp³-hybridized carbons (Fsp3) is 0.278. The van der Waals surface area contributed by atoms with Crippen LogP contribution in [-0.4, -0.2) is 20.1 Å². The van der Waals surface area contributed by atoms with E-state index in [-0.39, 0.29) is 5.91 Å². The van der Waals surface area contributed by atoms with Crippen molar-refractivity contribution in [2.45, 2.75) is 19.4 Å². The number of nitrogens with one attached hydrogen (secondary N) is 1. The van der Waals surface area contributed by atoms with Gasteiger partial charge < -0.3 is 14.8 Å². The predicted octanol–water partition coefficient (Wildman–Crippen LogP) is 2.95. The summed E-state index contributed by atoms with van der Waals surface area (Å²) in [6, 6.07) is 15.4. The number of rotatable bonds is 7. The standard InChI is InChI=1S/C18H21NO3/c1-21-16-10-7-14(8-11-16)13-19-18(20)12-9-15-5-3-4-6-17(15)22-2/h3-8,10-11H,9,12-13H2,1-2H3,(H,19,20). The van der Waals surface area contributed by atoms with Crippen LogP contribution in [-0.2, 0) is 17.8 Å². The monoisotopic (exact) mass is 299 g/mol. The van der Waals surface area contributed by atoms with Crippen LogP contribution in [0.25, 0.3) is 0 Å². The second kappa shape index (κ2) is 8.08. The first kappa shape index (κ1) is 15.9. The van der Waals surface area contributed by atoms with Crippen LogP contribution < -0.4 is 14.8 Å². The SMILES string of the molecule is COc1ccc(CNC(=O)CCc2ccccc2OC)cc1. The highest BCUT2D eigenvalue weighted by atomic mass is 16.5. The summed E-state index contributed by atoms with van der Waals surface area (Å²) in [6.45, 7) is 0.523. The van der Waals surface area contributed by atoms with E-state index in [1.54, 1.807) is 14.2 Å². The summed E-state index contributed by atoms with van der Waals surface area (Å²) in [7, 11) is 3.28. The number of hydrogen-bond acceptors (Lipinski definition) is 3. The smallest absolute Gasteiger partial charge is 0.220 e. The molecule has 1 amide bonds. The van der Waals surface area contributed by atoms with E-state index < -0.39 is 0 Å². The Morgan fingerprint density at radius 3 is 2.41 bits per heavy atom. The first-order valence-electron chi connectivity index (χ1n) is 7.24. The molecular formula is C18H21NO3. The van der Waals surface area contributed by atoms with Gasteiger partial charge in [-0.2, -0.15) is 0 Å². The van der Waals surface area contributed by atoms with Gasteiger partial charge in [0, 0.05) is 13.0 Å². The summed E-state index contributed by atoms with van der Waals surface area (Å²) in [5, 5.41) is 2.92. The quantitative estimate of drug-likeness (QED) is 0.855. The second-order valence-electron chi connectivity index (χ2n) is 4.94.